The van der Waals surface area contributed by atoms with Crippen molar-refractivity contribution in [2.75, 3.05) is 13.2 Å². The fourth-order valence-corrected chi connectivity index (χ4v) is 3.53. The van der Waals surface area contributed by atoms with Crippen LogP contribution in [0.2, 0.25) is 0 Å². The number of benzene rings is 1. The Morgan fingerprint density at radius 1 is 1.13 bits per heavy atom. The number of thioether (sulfide) groups is 1. The minimum absolute atomic E-state index is 0.374. The van der Waals surface area contributed by atoms with E-state index in [2.05, 4.69) is 26.1 Å². The molecule has 0 amide bonds. The number of furan rings is 1. The molecule has 3 aromatic rings. The van der Waals surface area contributed by atoms with Gasteiger partial charge in [-0.05, 0) is 29.8 Å². The molecule has 8 heteroatoms. The Bertz CT molecular complexity index is 819. The quantitative estimate of drug-likeness (QED) is 0.615. The van der Waals surface area contributed by atoms with Crippen molar-refractivity contribution in [1.82, 2.24) is 10.2 Å². The lowest BCUT2D eigenvalue weighted by atomic mass is 10.2. The van der Waals surface area contributed by atoms with Crippen LogP contribution in [0.25, 0.3) is 11.7 Å². The van der Waals surface area contributed by atoms with Crippen molar-refractivity contribution in [3.8, 4) is 23.1 Å². The molecule has 0 saturated carbocycles. The Kier molecular flexibility index (Phi) is 4.00. The molecule has 0 spiro atoms. The van der Waals surface area contributed by atoms with Crippen molar-refractivity contribution in [3.05, 3.63) is 40.6 Å². The van der Waals surface area contributed by atoms with Crippen molar-refractivity contribution in [2.45, 2.75) is 11.0 Å². The van der Waals surface area contributed by atoms with Crippen LogP contribution in [0.1, 0.15) is 5.56 Å². The van der Waals surface area contributed by atoms with Crippen molar-refractivity contribution in [1.29, 1.82) is 0 Å². The molecule has 0 saturated heterocycles. The average molecular weight is 395 g/mol. The van der Waals surface area contributed by atoms with Crippen molar-refractivity contribution >= 4 is 27.7 Å². The third-order valence-corrected chi connectivity index (χ3v) is 4.81. The van der Waals surface area contributed by atoms with Gasteiger partial charge in [-0.25, -0.2) is 0 Å². The van der Waals surface area contributed by atoms with Gasteiger partial charge in [0.15, 0.2) is 17.3 Å². The minimum Gasteiger partial charge on any atom is -0.486 e. The van der Waals surface area contributed by atoms with E-state index in [1.54, 1.807) is 18.4 Å². The molecule has 1 aliphatic heterocycles. The predicted octanol–water partition coefficient (Wildman–Crippen LogP) is 4.16. The molecule has 3 heterocycles. The molecule has 0 fully saturated rings. The largest absolute Gasteiger partial charge is 0.486 e. The lowest BCUT2D eigenvalue weighted by molar-refractivity contribution is 0.171. The van der Waals surface area contributed by atoms with E-state index in [1.165, 1.54) is 11.8 Å². The summed E-state index contributed by atoms with van der Waals surface area (Å²) < 4.78 is 22.9. The molecule has 0 unspecified atom stereocenters. The van der Waals surface area contributed by atoms with E-state index >= 15 is 0 Å². The van der Waals surface area contributed by atoms with Crippen LogP contribution in [0.15, 0.2) is 49.1 Å². The molecule has 4 rings (SSSR count). The normalized spacial score (nSPS) is 13.3. The van der Waals surface area contributed by atoms with E-state index in [0.717, 1.165) is 21.5 Å². The van der Waals surface area contributed by atoms with Gasteiger partial charge in [-0.3, -0.25) is 0 Å². The highest BCUT2D eigenvalue weighted by Gasteiger charge is 2.16. The van der Waals surface area contributed by atoms with Gasteiger partial charge < -0.3 is 18.3 Å². The van der Waals surface area contributed by atoms with Crippen LogP contribution >= 0.6 is 27.7 Å². The van der Waals surface area contributed by atoms with Gasteiger partial charge in [-0.1, -0.05) is 27.7 Å². The summed E-state index contributed by atoms with van der Waals surface area (Å²) >= 11 is 5.00. The smallest absolute Gasteiger partial charge is 0.284 e. The number of nitrogens with zero attached hydrogens (tertiary/aromatic N) is 2. The number of hydrogen-bond acceptors (Lipinski definition) is 7. The van der Waals surface area contributed by atoms with Crippen molar-refractivity contribution in [2.24, 2.45) is 0 Å². The molecular weight excluding hydrogens is 384 g/mol. The molecule has 0 aliphatic carbocycles. The minimum atomic E-state index is 0.374. The topological polar surface area (TPSA) is 70.5 Å². The van der Waals surface area contributed by atoms with Crippen LogP contribution < -0.4 is 9.47 Å². The Labute approximate surface area is 144 Å². The molecule has 6 nitrogen and oxygen atoms in total. The lowest BCUT2D eigenvalue weighted by Gasteiger charge is -2.19. The second-order valence-corrected chi connectivity index (χ2v) is 6.51. The summed E-state index contributed by atoms with van der Waals surface area (Å²) in [5.74, 6) is 3.12. The van der Waals surface area contributed by atoms with Crippen LogP contribution in [0.5, 0.6) is 11.5 Å². The monoisotopic (exact) mass is 394 g/mol. The van der Waals surface area contributed by atoms with E-state index in [0.29, 0.717) is 35.8 Å². The summed E-state index contributed by atoms with van der Waals surface area (Å²) in [5, 5.41) is 8.48. The van der Waals surface area contributed by atoms with E-state index < -0.39 is 0 Å². The average Bonchev–Trinajstić information content (AvgIpc) is 3.24. The zero-order valence-electron chi connectivity index (χ0n) is 11.8. The second kappa shape index (κ2) is 6.29. The number of halogens is 1. The van der Waals surface area contributed by atoms with E-state index in [-0.39, 0.29) is 0 Å². The maximum atomic E-state index is 5.61. The second-order valence-electron chi connectivity index (χ2n) is 4.73. The first-order valence-electron chi connectivity index (χ1n) is 6.88. The van der Waals surface area contributed by atoms with Crippen LogP contribution in [0, 0.1) is 0 Å². The highest BCUT2D eigenvalue weighted by Crippen LogP contribution is 2.37. The van der Waals surface area contributed by atoms with Crippen molar-refractivity contribution in [3.63, 3.8) is 0 Å². The number of aromatic nitrogens is 2. The molecule has 0 atom stereocenters. The summed E-state index contributed by atoms with van der Waals surface area (Å²) in [6.45, 7) is 1.14. The molecule has 118 valence electrons. The summed E-state index contributed by atoms with van der Waals surface area (Å²) in [5.41, 5.74) is 1.07. The third-order valence-electron chi connectivity index (χ3n) is 3.20. The van der Waals surface area contributed by atoms with Crippen molar-refractivity contribution < 1.29 is 18.3 Å². The molecule has 0 bridgehead atoms. The summed E-state index contributed by atoms with van der Waals surface area (Å²) in [6, 6.07) is 7.44. The van der Waals surface area contributed by atoms with Gasteiger partial charge in [0.05, 0.1) is 6.26 Å². The maximum absolute atomic E-state index is 5.61. The van der Waals surface area contributed by atoms with E-state index in [1.807, 2.05) is 12.1 Å². The van der Waals surface area contributed by atoms with Gasteiger partial charge in [-0.2, -0.15) is 0 Å². The van der Waals surface area contributed by atoms with Gasteiger partial charge in [0.25, 0.3) is 11.1 Å². The Balaban J connectivity index is 1.49. The summed E-state index contributed by atoms with van der Waals surface area (Å²) in [6.07, 6.45) is 1.57. The SMILES string of the molecule is Brc1cc2c(cc1CSc1nnc(-c3ccco3)o1)OCCO2. The van der Waals surface area contributed by atoms with Gasteiger partial charge in [0, 0.05) is 10.2 Å². The maximum Gasteiger partial charge on any atom is 0.284 e. The van der Waals surface area contributed by atoms with Gasteiger partial charge >= 0.3 is 0 Å². The number of ether oxygens (including phenoxy) is 2. The molecular formula is C15H11BrN2O4S. The number of fused-ring (bicyclic) bond motifs is 1. The zero-order valence-corrected chi connectivity index (χ0v) is 14.2. The van der Waals surface area contributed by atoms with E-state index in [4.69, 9.17) is 18.3 Å². The first-order valence-corrected chi connectivity index (χ1v) is 8.65. The molecule has 23 heavy (non-hydrogen) atoms. The standard InChI is InChI=1S/C15H11BrN2O4S/c16-10-7-13-12(20-4-5-21-13)6-9(10)8-23-15-18-17-14(22-15)11-2-1-3-19-11/h1-3,6-7H,4-5,8H2. The fourth-order valence-electron chi connectivity index (χ4n) is 2.12. The molecule has 1 aromatic carbocycles. The molecule has 2 aromatic heterocycles. The number of hydrogen-bond donors (Lipinski definition) is 0. The summed E-state index contributed by atoms with van der Waals surface area (Å²) in [4.78, 5) is 0. The van der Waals surface area contributed by atoms with Crippen LogP contribution in [-0.2, 0) is 5.75 Å². The Morgan fingerprint density at radius 3 is 2.74 bits per heavy atom. The fraction of sp³-hybridized carbons (Fsp3) is 0.200. The Hall–Kier alpha value is -1.93. The summed E-state index contributed by atoms with van der Waals surface area (Å²) in [7, 11) is 0. The molecule has 1 aliphatic rings. The highest BCUT2D eigenvalue weighted by atomic mass is 79.9. The highest BCUT2D eigenvalue weighted by molar-refractivity contribution is 9.10. The lowest BCUT2D eigenvalue weighted by Crippen LogP contribution is -2.15. The van der Waals surface area contributed by atoms with Crippen LogP contribution in [0.4, 0.5) is 0 Å². The third kappa shape index (κ3) is 3.09. The van der Waals surface area contributed by atoms with Gasteiger partial charge in [0.2, 0.25) is 0 Å². The van der Waals surface area contributed by atoms with Gasteiger partial charge in [-0.15, -0.1) is 10.2 Å². The molecule has 0 N–H and O–H groups in total. The predicted molar refractivity (Wildman–Crippen MR) is 86.7 cm³/mol. The van der Waals surface area contributed by atoms with Crippen LogP contribution in [0.3, 0.4) is 0 Å². The first kappa shape index (κ1) is 14.6. The van der Waals surface area contributed by atoms with Crippen LogP contribution in [-0.4, -0.2) is 23.4 Å². The van der Waals surface area contributed by atoms with E-state index in [9.17, 15) is 0 Å². The molecule has 0 radical (unpaired) electrons. The zero-order chi connectivity index (χ0) is 15.6. The number of rotatable bonds is 4. The Morgan fingerprint density at radius 2 is 1.96 bits per heavy atom. The van der Waals surface area contributed by atoms with Gasteiger partial charge in [0.1, 0.15) is 13.2 Å². The first-order chi connectivity index (χ1) is 11.3.